The van der Waals surface area contributed by atoms with E-state index in [0.717, 1.165) is 25.0 Å². The summed E-state index contributed by atoms with van der Waals surface area (Å²) >= 11 is 0. The van der Waals surface area contributed by atoms with Crippen molar-refractivity contribution >= 4 is 17.5 Å². The van der Waals surface area contributed by atoms with Crippen molar-refractivity contribution in [1.82, 2.24) is 15.1 Å². The van der Waals surface area contributed by atoms with Crippen LogP contribution in [0.25, 0.3) is 0 Å². The van der Waals surface area contributed by atoms with E-state index in [1.165, 1.54) is 11.6 Å². The van der Waals surface area contributed by atoms with E-state index in [4.69, 9.17) is 0 Å². The Kier molecular flexibility index (Phi) is 5.21. The van der Waals surface area contributed by atoms with E-state index >= 15 is 0 Å². The smallest absolute Gasteiger partial charge is 0.251 e. The third-order valence-corrected chi connectivity index (χ3v) is 4.54. The molecule has 6 heteroatoms. The quantitative estimate of drug-likeness (QED) is 0.810. The van der Waals surface area contributed by atoms with E-state index < -0.39 is 0 Å². The van der Waals surface area contributed by atoms with Gasteiger partial charge in [0.05, 0.1) is 11.7 Å². The summed E-state index contributed by atoms with van der Waals surface area (Å²) in [4.78, 5) is 23.9. The molecule has 6 nitrogen and oxygen atoms in total. The van der Waals surface area contributed by atoms with E-state index in [9.17, 15) is 9.59 Å². The summed E-state index contributed by atoms with van der Waals surface area (Å²) in [7, 11) is 0. The first-order chi connectivity index (χ1) is 12.5. The Bertz CT molecular complexity index is 821. The zero-order chi connectivity index (χ0) is 18.7. The molecule has 0 radical (unpaired) electrons. The summed E-state index contributed by atoms with van der Waals surface area (Å²) in [5, 5.41) is 10.4. The van der Waals surface area contributed by atoms with Crippen LogP contribution in [0.4, 0.5) is 5.69 Å². The number of hydrogen-bond donors (Lipinski definition) is 2. The lowest BCUT2D eigenvalue weighted by Gasteiger charge is -2.22. The van der Waals surface area contributed by atoms with E-state index in [1.807, 2.05) is 4.68 Å². The van der Waals surface area contributed by atoms with Crippen LogP contribution in [-0.4, -0.2) is 21.6 Å². The number of rotatable bonds is 5. The maximum Gasteiger partial charge on any atom is 0.251 e. The largest absolute Gasteiger partial charge is 0.344 e. The van der Waals surface area contributed by atoms with Gasteiger partial charge in [0.1, 0.15) is 0 Å². The van der Waals surface area contributed by atoms with Gasteiger partial charge in [0.2, 0.25) is 5.91 Å². The van der Waals surface area contributed by atoms with Gasteiger partial charge < -0.3 is 10.6 Å². The molecule has 0 saturated heterocycles. The second-order valence-corrected chi connectivity index (χ2v) is 6.80. The number of benzene rings is 1. The number of fused-ring (bicyclic) bond motifs is 1. The second-order valence-electron chi connectivity index (χ2n) is 6.80. The van der Waals surface area contributed by atoms with Crippen LogP contribution in [0.2, 0.25) is 0 Å². The van der Waals surface area contributed by atoms with Crippen molar-refractivity contribution < 1.29 is 9.59 Å². The Labute approximate surface area is 153 Å². The SMILES string of the molecule is C=CC(=O)Nc1ccc(C(=O)NC2CCCc3cn(C(C)C)nc32)cc1. The summed E-state index contributed by atoms with van der Waals surface area (Å²) in [6, 6.07) is 7.04. The van der Waals surface area contributed by atoms with Crippen LogP contribution in [0.5, 0.6) is 0 Å². The molecule has 26 heavy (non-hydrogen) atoms. The molecule has 136 valence electrons. The Hall–Kier alpha value is -2.89. The number of carbonyl (C=O) groups excluding carboxylic acids is 2. The molecule has 1 aliphatic carbocycles. The topological polar surface area (TPSA) is 76.0 Å². The molecule has 1 aromatic heterocycles. The van der Waals surface area contributed by atoms with Gasteiger partial charge in [-0.05, 0) is 69.0 Å². The van der Waals surface area contributed by atoms with Gasteiger partial charge >= 0.3 is 0 Å². The van der Waals surface area contributed by atoms with E-state index in [0.29, 0.717) is 17.3 Å². The summed E-state index contributed by atoms with van der Waals surface area (Å²) < 4.78 is 1.96. The van der Waals surface area contributed by atoms with Gasteiger partial charge in [0, 0.05) is 23.5 Å². The normalized spacial score (nSPS) is 16.0. The number of amides is 2. The molecule has 0 aliphatic heterocycles. The van der Waals surface area contributed by atoms with Gasteiger partial charge in [0.25, 0.3) is 5.91 Å². The van der Waals surface area contributed by atoms with Crippen molar-refractivity contribution in [3.05, 3.63) is 59.9 Å². The van der Waals surface area contributed by atoms with Crippen molar-refractivity contribution in [3.8, 4) is 0 Å². The van der Waals surface area contributed by atoms with Crippen LogP contribution in [0.15, 0.2) is 43.1 Å². The number of carbonyl (C=O) groups is 2. The summed E-state index contributed by atoms with van der Waals surface area (Å²) in [5.74, 6) is -0.416. The highest BCUT2D eigenvalue weighted by Gasteiger charge is 2.26. The van der Waals surface area contributed by atoms with Crippen molar-refractivity contribution in [2.45, 2.75) is 45.2 Å². The van der Waals surface area contributed by atoms with Gasteiger partial charge in [-0.1, -0.05) is 6.58 Å². The molecule has 1 aliphatic rings. The van der Waals surface area contributed by atoms with Gasteiger partial charge in [-0.25, -0.2) is 0 Å². The number of nitrogens with one attached hydrogen (secondary N) is 2. The van der Waals surface area contributed by atoms with Crippen LogP contribution < -0.4 is 10.6 Å². The number of aromatic nitrogens is 2. The maximum absolute atomic E-state index is 12.6. The zero-order valence-corrected chi connectivity index (χ0v) is 15.2. The average Bonchev–Trinajstić information content (AvgIpc) is 3.08. The average molecular weight is 352 g/mol. The molecule has 2 N–H and O–H groups in total. The Morgan fingerprint density at radius 1 is 1.31 bits per heavy atom. The van der Waals surface area contributed by atoms with E-state index in [2.05, 4.69) is 42.4 Å². The number of anilines is 1. The van der Waals surface area contributed by atoms with E-state index in [1.54, 1.807) is 24.3 Å². The number of nitrogens with zero attached hydrogens (tertiary/aromatic N) is 2. The fourth-order valence-electron chi connectivity index (χ4n) is 3.11. The van der Waals surface area contributed by atoms with Crippen LogP contribution in [0, 0.1) is 0 Å². The molecule has 3 rings (SSSR count). The van der Waals surface area contributed by atoms with E-state index in [-0.39, 0.29) is 17.9 Å². The predicted octanol–water partition coefficient (Wildman–Crippen LogP) is 3.40. The van der Waals surface area contributed by atoms with Gasteiger partial charge in [-0.3, -0.25) is 14.3 Å². The van der Waals surface area contributed by atoms with Crippen molar-refractivity contribution in [2.75, 3.05) is 5.32 Å². The lowest BCUT2D eigenvalue weighted by Crippen LogP contribution is -2.31. The monoisotopic (exact) mass is 352 g/mol. The second kappa shape index (κ2) is 7.56. The highest BCUT2D eigenvalue weighted by Crippen LogP contribution is 2.29. The standard InChI is InChI=1S/C20H24N4O2/c1-4-18(25)21-16-10-8-14(9-11-16)20(26)22-17-7-5-6-15-12-24(13(2)3)23-19(15)17/h4,8-13,17H,1,5-7H2,2-3H3,(H,21,25)(H,22,26). The fraction of sp³-hybridized carbons (Fsp3) is 0.350. The molecule has 2 amide bonds. The fourth-order valence-corrected chi connectivity index (χ4v) is 3.11. The van der Waals surface area contributed by atoms with Crippen LogP contribution >= 0.6 is 0 Å². The molecule has 0 bridgehead atoms. The highest BCUT2D eigenvalue weighted by molar-refractivity contribution is 5.99. The molecule has 0 saturated carbocycles. The van der Waals surface area contributed by atoms with Crippen LogP contribution in [0.3, 0.4) is 0 Å². The lowest BCUT2D eigenvalue weighted by atomic mass is 9.93. The molecular formula is C20H24N4O2. The number of hydrogen-bond acceptors (Lipinski definition) is 3. The summed E-state index contributed by atoms with van der Waals surface area (Å²) in [6.07, 6.45) is 6.23. The third kappa shape index (κ3) is 3.85. The molecule has 1 unspecified atom stereocenters. The van der Waals surface area contributed by atoms with Gasteiger partial charge in [-0.2, -0.15) is 5.10 Å². The Morgan fingerprint density at radius 2 is 2.04 bits per heavy atom. The van der Waals surface area contributed by atoms with Crippen molar-refractivity contribution in [2.24, 2.45) is 0 Å². The molecule has 1 aromatic carbocycles. The summed E-state index contributed by atoms with van der Waals surface area (Å²) in [6.45, 7) is 7.61. The van der Waals surface area contributed by atoms with Crippen molar-refractivity contribution in [3.63, 3.8) is 0 Å². The van der Waals surface area contributed by atoms with Crippen molar-refractivity contribution in [1.29, 1.82) is 0 Å². The molecule has 0 spiro atoms. The Balaban J connectivity index is 1.71. The van der Waals surface area contributed by atoms with Crippen LogP contribution in [-0.2, 0) is 11.2 Å². The van der Waals surface area contributed by atoms with Gasteiger partial charge in [-0.15, -0.1) is 0 Å². The summed E-state index contributed by atoms with van der Waals surface area (Å²) in [5.41, 5.74) is 3.38. The lowest BCUT2D eigenvalue weighted by molar-refractivity contribution is -0.111. The first kappa shape index (κ1) is 17.9. The molecule has 0 fully saturated rings. The first-order valence-electron chi connectivity index (χ1n) is 8.90. The van der Waals surface area contributed by atoms with Crippen LogP contribution in [0.1, 0.15) is 60.4 Å². The first-order valence-corrected chi connectivity index (χ1v) is 8.90. The minimum absolute atomic E-state index is 0.0635. The Morgan fingerprint density at radius 3 is 2.69 bits per heavy atom. The highest BCUT2D eigenvalue weighted by atomic mass is 16.2. The minimum atomic E-state index is -0.280. The molecule has 1 heterocycles. The molecule has 2 aromatic rings. The minimum Gasteiger partial charge on any atom is -0.344 e. The third-order valence-electron chi connectivity index (χ3n) is 4.54. The maximum atomic E-state index is 12.6. The predicted molar refractivity (Wildman–Crippen MR) is 101 cm³/mol. The number of aryl methyl sites for hydroxylation is 1. The molecule has 1 atom stereocenters. The zero-order valence-electron chi connectivity index (χ0n) is 15.2. The van der Waals surface area contributed by atoms with Gasteiger partial charge in [0.15, 0.2) is 0 Å². The molecular weight excluding hydrogens is 328 g/mol.